The number of benzene rings is 1. The zero-order valence-corrected chi connectivity index (χ0v) is 11.8. The van der Waals surface area contributed by atoms with Gasteiger partial charge in [0.2, 0.25) is 0 Å². The second-order valence-electron chi connectivity index (χ2n) is 4.34. The number of aliphatic hydroxyl groups is 1. The molecule has 0 aliphatic carbocycles. The largest absolute Gasteiger partial charge is 0.381 e. The molecule has 0 bridgehead atoms. The number of nitrogens with zero attached hydrogens (tertiary/aromatic N) is 4. The van der Waals surface area contributed by atoms with E-state index in [1.54, 1.807) is 10.9 Å². The van der Waals surface area contributed by atoms with E-state index >= 15 is 0 Å². The summed E-state index contributed by atoms with van der Waals surface area (Å²) in [5.41, 5.74) is 2.47. The number of para-hydroxylation sites is 1. The number of aromatic nitrogens is 4. The third kappa shape index (κ3) is 2.23. The van der Waals surface area contributed by atoms with Crippen LogP contribution in [0.4, 0.5) is 0 Å². The van der Waals surface area contributed by atoms with Crippen LogP contribution in [0.2, 0.25) is 0 Å². The van der Waals surface area contributed by atoms with Crippen LogP contribution in [0.3, 0.4) is 0 Å². The van der Waals surface area contributed by atoms with Crippen LogP contribution in [0, 0.1) is 0 Å². The lowest BCUT2D eigenvalue weighted by Crippen LogP contribution is -2.09. The molecule has 0 aliphatic rings. The van der Waals surface area contributed by atoms with Crippen LogP contribution in [0.1, 0.15) is 29.3 Å². The predicted octanol–water partition coefficient (Wildman–Crippen LogP) is 2.37. The van der Waals surface area contributed by atoms with Crippen LogP contribution >= 0.6 is 11.5 Å². The third-order valence-electron chi connectivity index (χ3n) is 3.12. The van der Waals surface area contributed by atoms with Crippen LogP contribution in [0.5, 0.6) is 0 Å². The molecule has 3 rings (SSSR count). The lowest BCUT2D eigenvalue weighted by molar-refractivity contribution is 0.214. The first kappa shape index (κ1) is 13.0. The maximum atomic E-state index is 10.6. The second kappa shape index (κ2) is 5.52. The van der Waals surface area contributed by atoms with Crippen LogP contribution in [0.15, 0.2) is 42.6 Å². The highest BCUT2D eigenvalue weighted by molar-refractivity contribution is 7.05. The molecule has 0 radical (unpaired) electrons. The summed E-state index contributed by atoms with van der Waals surface area (Å²) in [6.07, 6.45) is 1.68. The molecule has 2 aromatic heterocycles. The van der Waals surface area contributed by atoms with E-state index in [2.05, 4.69) is 14.7 Å². The molecule has 1 aromatic carbocycles. The zero-order valence-electron chi connectivity index (χ0n) is 11.0. The van der Waals surface area contributed by atoms with Crippen molar-refractivity contribution < 1.29 is 5.11 Å². The van der Waals surface area contributed by atoms with Gasteiger partial charge in [-0.3, -0.25) is 0 Å². The molecule has 1 unspecified atom stereocenters. The minimum absolute atomic E-state index is 0.719. The summed E-state index contributed by atoms with van der Waals surface area (Å²) in [5, 5.41) is 18.9. The van der Waals surface area contributed by atoms with Crippen molar-refractivity contribution in [3.05, 3.63) is 58.9 Å². The molecule has 0 amide bonds. The number of aliphatic hydroxyl groups excluding tert-OH is 1. The van der Waals surface area contributed by atoms with Gasteiger partial charge in [-0.1, -0.05) is 29.6 Å². The minimum atomic E-state index is -0.757. The predicted molar refractivity (Wildman–Crippen MR) is 76.9 cm³/mol. The Hall–Kier alpha value is -2.05. The molecule has 0 fully saturated rings. The monoisotopic (exact) mass is 286 g/mol. The van der Waals surface area contributed by atoms with Crippen molar-refractivity contribution >= 4 is 11.5 Å². The number of aryl methyl sites for hydroxylation is 1. The summed E-state index contributed by atoms with van der Waals surface area (Å²) in [5.74, 6) is 0. The van der Waals surface area contributed by atoms with E-state index in [0.717, 1.165) is 28.4 Å². The molecule has 1 N–H and O–H groups in total. The average molecular weight is 286 g/mol. The summed E-state index contributed by atoms with van der Waals surface area (Å²) >= 11 is 1.23. The van der Waals surface area contributed by atoms with Crippen LogP contribution in [-0.4, -0.2) is 24.5 Å². The third-order valence-corrected chi connectivity index (χ3v) is 3.94. The normalized spacial score (nSPS) is 12.5. The van der Waals surface area contributed by atoms with Gasteiger partial charge in [0.15, 0.2) is 0 Å². The maximum Gasteiger partial charge on any atom is 0.134 e. The molecule has 102 valence electrons. The molecule has 0 aliphatic heterocycles. The van der Waals surface area contributed by atoms with E-state index < -0.39 is 6.10 Å². The van der Waals surface area contributed by atoms with Gasteiger partial charge >= 0.3 is 0 Å². The fourth-order valence-electron chi connectivity index (χ4n) is 2.11. The van der Waals surface area contributed by atoms with E-state index in [4.69, 9.17) is 0 Å². The Morgan fingerprint density at radius 3 is 2.80 bits per heavy atom. The summed E-state index contributed by atoms with van der Waals surface area (Å²) in [6.45, 7) is 2.00. The molecule has 0 spiro atoms. The number of hydrogen-bond acceptors (Lipinski definition) is 5. The lowest BCUT2D eigenvalue weighted by atomic mass is 10.1. The smallest absolute Gasteiger partial charge is 0.134 e. The molecular formula is C14H14N4OS. The molecule has 3 aromatic rings. The number of rotatable bonds is 4. The summed E-state index contributed by atoms with van der Waals surface area (Å²) in [7, 11) is 0. The van der Waals surface area contributed by atoms with Crippen LogP contribution in [-0.2, 0) is 6.42 Å². The first-order valence-corrected chi connectivity index (χ1v) is 7.17. The van der Waals surface area contributed by atoms with Crippen molar-refractivity contribution in [1.29, 1.82) is 0 Å². The maximum absolute atomic E-state index is 10.6. The van der Waals surface area contributed by atoms with E-state index in [1.165, 1.54) is 11.5 Å². The van der Waals surface area contributed by atoms with Gasteiger partial charge in [-0.2, -0.15) is 5.10 Å². The first-order chi connectivity index (χ1) is 9.81. The van der Waals surface area contributed by atoms with Crippen LogP contribution < -0.4 is 0 Å². The van der Waals surface area contributed by atoms with Gasteiger partial charge in [-0.25, -0.2) is 4.68 Å². The molecule has 5 nitrogen and oxygen atoms in total. The van der Waals surface area contributed by atoms with Crippen molar-refractivity contribution in [1.82, 2.24) is 19.4 Å². The summed E-state index contributed by atoms with van der Waals surface area (Å²) in [4.78, 5) is 0.783. The molecule has 6 heteroatoms. The summed E-state index contributed by atoms with van der Waals surface area (Å²) < 4.78 is 5.67. The topological polar surface area (TPSA) is 63.8 Å². The van der Waals surface area contributed by atoms with Crippen molar-refractivity contribution in [3.8, 4) is 5.69 Å². The Bertz CT molecular complexity index is 692. The Labute approximate surface area is 120 Å². The number of hydrogen-bond donors (Lipinski definition) is 1. The van der Waals surface area contributed by atoms with Gasteiger partial charge in [0.1, 0.15) is 6.10 Å². The van der Waals surface area contributed by atoms with Crippen molar-refractivity contribution in [2.45, 2.75) is 19.4 Å². The molecular weight excluding hydrogens is 272 g/mol. The minimum Gasteiger partial charge on any atom is -0.381 e. The highest BCUT2D eigenvalue weighted by Crippen LogP contribution is 2.28. The van der Waals surface area contributed by atoms with Gasteiger partial charge in [0, 0.05) is 6.20 Å². The Balaban J connectivity index is 2.02. The first-order valence-electron chi connectivity index (χ1n) is 6.39. The van der Waals surface area contributed by atoms with E-state index in [1.807, 2.05) is 43.3 Å². The molecule has 0 saturated heterocycles. The van der Waals surface area contributed by atoms with Crippen LogP contribution in [0.25, 0.3) is 5.69 Å². The lowest BCUT2D eigenvalue weighted by Gasteiger charge is -2.12. The van der Waals surface area contributed by atoms with Crippen molar-refractivity contribution in [2.75, 3.05) is 0 Å². The second-order valence-corrected chi connectivity index (χ2v) is 5.13. The van der Waals surface area contributed by atoms with E-state index in [9.17, 15) is 5.11 Å². The summed E-state index contributed by atoms with van der Waals surface area (Å²) in [6, 6.07) is 11.6. The Kier molecular flexibility index (Phi) is 3.58. The van der Waals surface area contributed by atoms with Crippen molar-refractivity contribution in [3.63, 3.8) is 0 Å². The highest BCUT2D eigenvalue weighted by atomic mass is 32.1. The van der Waals surface area contributed by atoms with Gasteiger partial charge in [-0.15, -0.1) is 5.10 Å². The average Bonchev–Trinajstić information content (AvgIpc) is 3.16. The SMILES string of the molecule is CCc1nnsc1C(O)c1ccnn1-c1ccccc1. The Morgan fingerprint density at radius 2 is 2.05 bits per heavy atom. The fourth-order valence-corrected chi connectivity index (χ4v) is 2.85. The fraction of sp³-hybridized carbons (Fsp3) is 0.214. The standard InChI is InChI=1S/C14H14N4OS/c1-2-11-14(20-17-16-11)13(19)12-8-9-15-18(12)10-6-4-3-5-7-10/h3-9,13,19H,2H2,1H3. The quantitative estimate of drug-likeness (QED) is 0.799. The van der Waals surface area contributed by atoms with Gasteiger partial charge in [0.25, 0.3) is 0 Å². The van der Waals surface area contributed by atoms with Gasteiger partial charge < -0.3 is 5.11 Å². The molecule has 2 heterocycles. The Morgan fingerprint density at radius 1 is 1.25 bits per heavy atom. The van der Waals surface area contributed by atoms with E-state index in [0.29, 0.717) is 0 Å². The zero-order chi connectivity index (χ0) is 13.9. The molecule has 20 heavy (non-hydrogen) atoms. The van der Waals surface area contributed by atoms with Crippen molar-refractivity contribution in [2.24, 2.45) is 0 Å². The highest BCUT2D eigenvalue weighted by Gasteiger charge is 2.21. The molecule has 0 saturated carbocycles. The van der Waals surface area contributed by atoms with Gasteiger partial charge in [0.05, 0.1) is 22.0 Å². The van der Waals surface area contributed by atoms with Gasteiger partial charge in [-0.05, 0) is 36.2 Å². The van der Waals surface area contributed by atoms with E-state index in [-0.39, 0.29) is 0 Å². The molecule has 1 atom stereocenters.